The van der Waals surface area contributed by atoms with E-state index < -0.39 is 34.4 Å². The summed E-state index contributed by atoms with van der Waals surface area (Å²) in [4.78, 5) is 17.0. The Hall–Kier alpha value is -3.52. The van der Waals surface area contributed by atoms with Crippen molar-refractivity contribution < 1.29 is 27.1 Å². The minimum Gasteiger partial charge on any atom is -0.497 e. The van der Waals surface area contributed by atoms with Crippen LogP contribution in [0.2, 0.25) is 5.02 Å². The summed E-state index contributed by atoms with van der Waals surface area (Å²) in [7, 11) is 1.48. The largest absolute Gasteiger partial charge is 0.497 e. The van der Waals surface area contributed by atoms with Crippen LogP contribution in [0.15, 0.2) is 59.0 Å². The molecule has 0 aliphatic heterocycles. The molecule has 0 saturated heterocycles. The van der Waals surface area contributed by atoms with Gasteiger partial charge in [0.25, 0.3) is 0 Å². The molecule has 158 valence electrons. The molecule has 2 aromatic carbocycles. The van der Waals surface area contributed by atoms with Crippen molar-refractivity contribution in [3.8, 4) is 17.0 Å². The molecule has 0 bridgehead atoms. The topological polar surface area (TPSA) is 78.4 Å². The van der Waals surface area contributed by atoms with E-state index in [2.05, 4.69) is 4.98 Å². The van der Waals surface area contributed by atoms with Gasteiger partial charge in [0.2, 0.25) is 17.3 Å². The fraction of sp³-hybridized carbons (Fsp3) is 0.0909. The van der Waals surface area contributed by atoms with Gasteiger partial charge in [-0.15, -0.1) is 0 Å². The monoisotopic (exact) mass is 446 g/mol. The lowest BCUT2D eigenvalue weighted by Crippen LogP contribution is -2.08. The van der Waals surface area contributed by atoms with Crippen molar-refractivity contribution in [2.45, 2.75) is 6.18 Å². The van der Waals surface area contributed by atoms with Gasteiger partial charge in [0.1, 0.15) is 5.75 Å². The molecule has 0 fully saturated rings. The van der Waals surface area contributed by atoms with E-state index in [1.807, 2.05) is 0 Å². The number of carbonyl (C=O) groups excluding carboxylic acids is 1. The molecule has 0 spiro atoms. The number of ether oxygens (including phenoxy) is 1. The molecule has 0 radical (unpaired) electrons. The number of nitrogen functional groups attached to an aromatic ring is 1. The van der Waals surface area contributed by atoms with Crippen LogP contribution in [0.5, 0.6) is 5.75 Å². The molecule has 4 rings (SSSR count). The van der Waals surface area contributed by atoms with Gasteiger partial charge >= 0.3 is 6.18 Å². The number of ketones is 1. The van der Waals surface area contributed by atoms with E-state index in [1.54, 1.807) is 24.3 Å². The summed E-state index contributed by atoms with van der Waals surface area (Å²) >= 11 is 5.82. The van der Waals surface area contributed by atoms with Gasteiger partial charge < -0.3 is 14.9 Å². The third kappa shape index (κ3) is 3.82. The van der Waals surface area contributed by atoms with Crippen molar-refractivity contribution in [1.29, 1.82) is 0 Å². The summed E-state index contributed by atoms with van der Waals surface area (Å²) in [5, 5.41) is -0.0543. The second-order valence-corrected chi connectivity index (χ2v) is 7.08. The number of benzene rings is 2. The number of nitrogens with zero attached hydrogens (tertiary/aromatic N) is 1. The number of hydrogen-bond acceptors (Lipinski definition) is 5. The van der Waals surface area contributed by atoms with E-state index in [0.29, 0.717) is 16.3 Å². The van der Waals surface area contributed by atoms with E-state index in [0.717, 1.165) is 6.07 Å². The first kappa shape index (κ1) is 20.7. The molecule has 9 heteroatoms. The average molecular weight is 447 g/mol. The van der Waals surface area contributed by atoms with Crippen LogP contribution >= 0.6 is 11.6 Å². The van der Waals surface area contributed by atoms with Gasteiger partial charge in [0.15, 0.2) is 0 Å². The van der Waals surface area contributed by atoms with Gasteiger partial charge in [-0.2, -0.15) is 13.2 Å². The highest BCUT2D eigenvalue weighted by Crippen LogP contribution is 2.41. The molecule has 0 atom stereocenters. The van der Waals surface area contributed by atoms with Gasteiger partial charge in [0, 0.05) is 16.1 Å². The Balaban J connectivity index is 1.91. The number of pyridine rings is 1. The standard InChI is InChI=1S/C22H14ClF3N2O3/c1-30-14-8-4-11(5-9-14)16-10-15(22(24,25)26)17-18(27)20(31-21(17)28-16)19(29)12-2-6-13(23)7-3-12/h2-10H,27H2,1H3. The maximum absolute atomic E-state index is 13.8. The minimum absolute atomic E-state index is 0.0155. The van der Waals surface area contributed by atoms with Crippen LogP contribution in [0.3, 0.4) is 0 Å². The van der Waals surface area contributed by atoms with E-state index in [4.69, 9.17) is 26.5 Å². The molecule has 0 aliphatic carbocycles. The molecule has 0 saturated carbocycles. The SMILES string of the molecule is COc1ccc(-c2cc(C(F)(F)F)c3c(N)c(C(=O)c4ccc(Cl)cc4)oc3n2)cc1. The van der Waals surface area contributed by atoms with Gasteiger partial charge in [-0.05, 0) is 54.6 Å². The number of alkyl halides is 3. The first-order valence-corrected chi connectivity index (χ1v) is 9.31. The Kier molecular flexibility index (Phi) is 5.10. The smallest absolute Gasteiger partial charge is 0.417 e. The second-order valence-electron chi connectivity index (χ2n) is 6.64. The summed E-state index contributed by atoms with van der Waals surface area (Å²) in [6, 6.07) is 13.0. The molecule has 2 aromatic heterocycles. The maximum Gasteiger partial charge on any atom is 0.417 e. The lowest BCUT2D eigenvalue weighted by Gasteiger charge is -2.10. The number of rotatable bonds is 4. The molecule has 0 aliphatic rings. The van der Waals surface area contributed by atoms with Crippen LogP contribution in [-0.4, -0.2) is 17.9 Å². The van der Waals surface area contributed by atoms with Crippen molar-refractivity contribution >= 4 is 34.2 Å². The van der Waals surface area contributed by atoms with Crippen LogP contribution in [-0.2, 0) is 6.18 Å². The zero-order valence-corrected chi connectivity index (χ0v) is 16.7. The maximum atomic E-state index is 13.8. The predicted octanol–water partition coefficient (Wildman–Crippen LogP) is 5.99. The van der Waals surface area contributed by atoms with Crippen LogP contribution in [0.1, 0.15) is 21.7 Å². The zero-order chi connectivity index (χ0) is 22.3. The Morgan fingerprint density at radius 1 is 1.10 bits per heavy atom. The Morgan fingerprint density at radius 3 is 2.32 bits per heavy atom. The van der Waals surface area contributed by atoms with E-state index in [-0.39, 0.29) is 17.0 Å². The molecule has 5 nitrogen and oxygen atoms in total. The summed E-state index contributed by atoms with van der Waals surface area (Å²) in [5.41, 5.74) is 4.68. The quantitative estimate of drug-likeness (QED) is 0.390. The van der Waals surface area contributed by atoms with Gasteiger partial charge in [0.05, 0.1) is 29.4 Å². The predicted molar refractivity (Wildman–Crippen MR) is 110 cm³/mol. The highest BCUT2D eigenvalue weighted by atomic mass is 35.5. The van der Waals surface area contributed by atoms with Crippen LogP contribution in [0, 0.1) is 0 Å². The van der Waals surface area contributed by atoms with Crippen molar-refractivity contribution in [3.63, 3.8) is 0 Å². The number of anilines is 1. The molecule has 0 unspecified atom stereocenters. The van der Waals surface area contributed by atoms with Crippen LogP contribution in [0.25, 0.3) is 22.4 Å². The Morgan fingerprint density at radius 2 is 1.74 bits per heavy atom. The lowest BCUT2D eigenvalue weighted by atomic mass is 10.0. The number of hydrogen-bond donors (Lipinski definition) is 1. The van der Waals surface area contributed by atoms with E-state index >= 15 is 0 Å². The summed E-state index contributed by atoms with van der Waals surface area (Å²) in [6.45, 7) is 0. The number of fused-ring (bicyclic) bond motifs is 1. The molecule has 0 amide bonds. The summed E-state index contributed by atoms with van der Waals surface area (Å²) in [6.07, 6.45) is -4.75. The van der Waals surface area contributed by atoms with Gasteiger partial charge in [-0.1, -0.05) is 11.6 Å². The van der Waals surface area contributed by atoms with E-state index in [9.17, 15) is 18.0 Å². The summed E-state index contributed by atoms with van der Waals surface area (Å²) in [5.74, 6) is -0.549. The van der Waals surface area contributed by atoms with Crippen molar-refractivity contribution in [1.82, 2.24) is 4.98 Å². The molecule has 2 heterocycles. The number of furan rings is 1. The highest BCUT2D eigenvalue weighted by molar-refractivity contribution is 6.30. The van der Waals surface area contributed by atoms with Crippen molar-refractivity contribution in [2.75, 3.05) is 12.8 Å². The average Bonchev–Trinajstić information content (AvgIpc) is 3.09. The fourth-order valence-corrected chi connectivity index (χ4v) is 3.28. The molecule has 4 aromatic rings. The van der Waals surface area contributed by atoms with E-state index in [1.165, 1.54) is 31.4 Å². The third-order valence-corrected chi connectivity index (χ3v) is 4.95. The van der Waals surface area contributed by atoms with Gasteiger partial charge in [-0.3, -0.25) is 4.79 Å². The normalized spacial score (nSPS) is 11.6. The van der Waals surface area contributed by atoms with Crippen LogP contribution < -0.4 is 10.5 Å². The van der Waals surface area contributed by atoms with Crippen molar-refractivity contribution in [3.05, 3.63) is 76.5 Å². The molecular formula is C22H14ClF3N2O3. The lowest BCUT2D eigenvalue weighted by molar-refractivity contribution is -0.136. The molecule has 2 N–H and O–H groups in total. The first-order valence-electron chi connectivity index (χ1n) is 8.94. The minimum atomic E-state index is -4.75. The number of methoxy groups -OCH3 is 1. The zero-order valence-electron chi connectivity index (χ0n) is 16.0. The number of aromatic nitrogens is 1. The number of nitrogens with two attached hydrogens (primary N) is 1. The highest BCUT2D eigenvalue weighted by Gasteiger charge is 2.37. The first-order chi connectivity index (χ1) is 14.7. The van der Waals surface area contributed by atoms with Crippen LogP contribution in [0.4, 0.5) is 18.9 Å². The Bertz CT molecular complexity index is 1280. The second kappa shape index (κ2) is 7.63. The summed E-state index contributed by atoms with van der Waals surface area (Å²) < 4.78 is 52.0. The Labute approximate surface area is 179 Å². The van der Waals surface area contributed by atoms with Gasteiger partial charge in [-0.25, -0.2) is 4.98 Å². The molecule has 31 heavy (non-hydrogen) atoms. The number of halogens is 4. The number of carbonyl (C=O) groups is 1. The fourth-order valence-electron chi connectivity index (χ4n) is 3.16. The van der Waals surface area contributed by atoms with Crippen molar-refractivity contribution in [2.24, 2.45) is 0 Å². The third-order valence-electron chi connectivity index (χ3n) is 4.70. The molecular weight excluding hydrogens is 433 g/mol.